The minimum Gasteiger partial charge on any atom is -0.494 e. The van der Waals surface area contributed by atoms with E-state index in [9.17, 15) is 4.79 Å². The topological polar surface area (TPSA) is 47.6 Å². The summed E-state index contributed by atoms with van der Waals surface area (Å²) in [5.41, 5.74) is 4.37. The first-order chi connectivity index (χ1) is 14.1. The number of rotatable bonds is 9. The molecule has 0 spiro atoms. The van der Waals surface area contributed by atoms with Gasteiger partial charge in [0, 0.05) is 5.69 Å². The number of aryl methyl sites for hydroxylation is 3. The van der Waals surface area contributed by atoms with Crippen LogP contribution in [-0.4, -0.2) is 19.1 Å². The van der Waals surface area contributed by atoms with Crippen molar-refractivity contribution in [3.8, 4) is 11.5 Å². The van der Waals surface area contributed by atoms with Crippen LogP contribution in [0.3, 0.4) is 0 Å². The fraction of sp³-hybridized carbons (Fsp3) is 0.240. The maximum absolute atomic E-state index is 12.1. The molecule has 0 fully saturated rings. The highest BCUT2D eigenvalue weighted by Gasteiger charge is 2.05. The van der Waals surface area contributed by atoms with Crippen molar-refractivity contribution in [1.29, 1.82) is 0 Å². The highest BCUT2D eigenvalue weighted by Crippen LogP contribution is 2.18. The van der Waals surface area contributed by atoms with E-state index in [0.29, 0.717) is 12.4 Å². The van der Waals surface area contributed by atoms with Crippen molar-refractivity contribution in [3.63, 3.8) is 0 Å². The zero-order valence-electron chi connectivity index (χ0n) is 17.0. The Balaban J connectivity index is 1.39. The van der Waals surface area contributed by atoms with Crippen LogP contribution in [0.25, 0.3) is 0 Å². The van der Waals surface area contributed by atoms with E-state index < -0.39 is 0 Å². The summed E-state index contributed by atoms with van der Waals surface area (Å²) in [6, 6.07) is 23.6. The largest absolute Gasteiger partial charge is 0.494 e. The molecule has 4 heteroatoms. The number of benzene rings is 3. The Hall–Kier alpha value is -3.27. The highest BCUT2D eigenvalue weighted by atomic mass is 16.5. The predicted octanol–water partition coefficient (Wildman–Crippen LogP) is 5.33. The lowest BCUT2D eigenvalue weighted by Gasteiger charge is -2.10. The molecular formula is C25H27NO3. The lowest BCUT2D eigenvalue weighted by Crippen LogP contribution is -2.20. The van der Waals surface area contributed by atoms with Crippen LogP contribution in [0.5, 0.6) is 11.5 Å². The van der Waals surface area contributed by atoms with Crippen LogP contribution in [0.15, 0.2) is 72.8 Å². The smallest absolute Gasteiger partial charge is 0.262 e. The van der Waals surface area contributed by atoms with Gasteiger partial charge in [-0.25, -0.2) is 0 Å². The second-order valence-electron chi connectivity index (χ2n) is 7.04. The number of hydrogen-bond acceptors (Lipinski definition) is 3. The van der Waals surface area contributed by atoms with E-state index in [4.69, 9.17) is 9.47 Å². The molecule has 29 heavy (non-hydrogen) atoms. The maximum atomic E-state index is 12.1. The van der Waals surface area contributed by atoms with Crippen molar-refractivity contribution in [2.24, 2.45) is 0 Å². The molecule has 0 atom stereocenters. The minimum absolute atomic E-state index is 0.0275. The van der Waals surface area contributed by atoms with Crippen LogP contribution in [0.1, 0.15) is 23.1 Å². The molecule has 3 aromatic rings. The van der Waals surface area contributed by atoms with Crippen LogP contribution >= 0.6 is 0 Å². The van der Waals surface area contributed by atoms with Gasteiger partial charge >= 0.3 is 0 Å². The fourth-order valence-corrected chi connectivity index (χ4v) is 2.90. The van der Waals surface area contributed by atoms with Gasteiger partial charge in [0.05, 0.1) is 6.61 Å². The molecule has 0 saturated heterocycles. The van der Waals surface area contributed by atoms with E-state index in [-0.39, 0.29) is 12.5 Å². The first-order valence-corrected chi connectivity index (χ1v) is 9.87. The van der Waals surface area contributed by atoms with Gasteiger partial charge in [-0.15, -0.1) is 0 Å². The van der Waals surface area contributed by atoms with Crippen molar-refractivity contribution < 1.29 is 14.3 Å². The van der Waals surface area contributed by atoms with E-state index >= 15 is 0 Å². The van der Waals surface area contributed by atoms with E-state index in [2.05, 4.69) is 29.6 Å². The van der Waals surface area contributed by atoms with Crippen molar-refractivity contribution in [1.82, 2.24) is 0 Å². The van der Waals surface area contributed by atoms with Gasteiger partial charge in [-0.2, -0.15) is 0 Å². The Labute approximate surface area is 172 Å². The van der Waals surface area contributed by atoms with Gasteiger partial charge in [-0.1, -0.05) is 36.4 Å². The average molecular weight is 389 g/mol. The molecule has 0 radical (unpaired) electrons. The van der Waals surface area contributed by atoms with E-state index in [1.165, 1.54) is 11.1 Å². The first kappa shape index (κ1) is 20.5. The van der Waals surface area contributed by atoms with Gasteiger partial charge < -0.3 is 14.8 Å². The van der Waals surface area contributed by atoms with Gasteiger partial charge in [0.25, 0.3) is 5.91 Å². The van der Waals surface area contributed by atoms with Gasteiger partial charge in [0.2, 0.25) is 0 Å². The van der Waals surface area contributed by atoms with Gasteiger partial charge in [0.1, 0.15) is 11.5 Å². The predicted molar refractivity (Wildman–Crippen MR) is 117 cm³/mol. The standard InChI is InChI=1S/C25H27NO3/c1-19-10-13-24(17-20(19)2)29-18-25(27)26-22-11-14-23(15-12-22)28-16-6-9-21-7-4-3-5-8-21/h3-5,7-8,10-15,17H,6,9,16,18H2,1-2H3,(H,26,27). The molecule has 0 aliphatic rings. The Morgan fingerprint density at radius 3 is 2.28 bits per heavy atom. The highest BCUT2D eigenvalue weighted by molar-refractivity contribution is 5.91. The monoisotopic (exact) mass is 389 g/mol. The molecule has 3 rings (SSSR count). The van der Waals surface area contributed by atoms with Crippen LogP contribution in [0, 0.1) is 13.8 Å². The molecule has 1 amide bonds. The normalized spacial score (nSPS) is 10.4. The third-order valence-electron chi connectivity index (χ3n) is 4.71. The molecule has 150 valence electrons. The Morgan fingerprint density at radius 1 is 0.828 bits per heavy atom. The number of anilines is 1. The maximum Gasteiger partial charge on any atom is 0.262 e. The zero-order valence-corrected chi connectivity index (χ0v) is 17.0. The van der Waals surface area contributed by atoms with E-state index in [1.54, 1.807) is 0 Å². The van der Waals surface area contributed by atoms with Crippen molar-refractivity contribution in [2.45, 2.75) is 26.7 Å². The van der Waals surface area contributed by atoms with E-state index in [1.807, 2.05) is 62.4 Å². The number of amides is 1. The lowest BCUT2D eigenvalue weighted by atomic mass is 10.1. The van der Waals surface area contributed by atoms with Crippen molar-refractivity contribution in [2.75, 3.05) is 18.5 Å². The van der Waals surface area contributed by atoms with Crippen LogP contribution < -0.4 is 14.8 Å². The molecule has 0 aliphatic heterocycles. The summed E-state index contributed by atoms with van der Waals surface area (Å²) in [6.07, 6.45) is 1.95. The summed E-state index contributed by atoms with van der Waals surface area (Å²) in [5, 5.41) is 2.83. The molecule has 1 N–H and O–H groups in total. The quantitative estimate of drug-likeness (QED) is 0.503. The number of nitrogens with one attached hydrogen (secondary N) is 1. The molecule has 0 saturated carbocycles. The summed E-state index contributed by atoms with van der Waals surface area (Å²) < 4.78 is 11.3. The van der Waals surface area contributed by atoms with Gasteiger partial charge in [-0.05, 0) is 79.8 Å². The second-order valence-corrected chi connectivity index (χ2v) is 7.04. The zero-order chi connectivity index (χ0) is 20.5. The molecule has 0 bridgehead atoms. The fourth-order valence-electron chi connectivity index (χ4n) is 2.90. The summed E-state index contributed by atoms with van der Waals surface area (Å²) in [6.45, 7) is 4.70. The number of carbonyl (C=O) groups excluding carboxylic acids is 1. The molecule has 3 aromatic carbocycles. The van der Waals surface area contributed by atoms with E-state index in [0.717, 1.165) is 29.8 Å². The summed E-state index contributed by atoms with van der Waals surface area (Å²) in [4.78, 5) is 12.1. The first-order valence-electron chi connectivity index (χ1n) is 9.87. The summed E-state index contributed by atoms with van der Waals surface area (Å²) >= 11 is 0. The second kappa shape index (κ2) is 10.3. The Kier molecular flexibility index (Phi) is 7.28. The molecule has 0 aromatic heterocycles. The van der Waals surface area contributed by atoms with Crippen molar-refractivity contribution >= 4 is 11.6 Å². The summed E-state index contributed by atoms with van der Waals surface area (Å²) in [5.74, 6) is 1.30. The minimum atomic E-state index is -0.195. The Bertz CT molecular complexity index is 921. The SMILES string of the molecule is Cc1ccc(OCC(=O)Nc2ccc(OCCCc3ccccc3)cc2)cc1C. The van der Waals surface area contributed by atoms with Gasteiger partial charge in [-0.3, -0.25) is 4.79 Å². The Morgan fingerprint density at radius 2 is 1.55 bits per heavy atom. The molecule has 0 heterocycles. The van der Waals surface area contributed by atoms with Crippen LogP contribution in [-0.2, 0) is 11.2 Å². The number of carbonyl (C=O) groups is 1. The lowest BCUT2D eigenvalue weighted by molar-refractivity contribution is -0.118. The third-order valence-corrected chi connectivity index (χ3v) is 4.71. The molecule has 4 nitrogen and oxygen atoms in total. The van der Waals surface area contributed by atoms with Crippen LogP contribution in [0.4, 0.5) is 5.69 Å². The van der Waals surface area contributed by atoms with Gasteiger partial charge in [0.15, 0.2) is 6.61 Å². The molecular weight excluding hydrogens is 362 g/mol. The average Bonchev–Trinajstić information content (AvgIpc) is 2.74. The number of ether oxygens (including phenoxy) is 2. The van der Waals surface area contributed by atoms with Crippen molar-refractivity contribution in [3.05, 3.63) is 89.5 Å². The number of hydrogen-bond donors (Lipinski definition) is 1. The summed E-state index contributed by atoms with van der Waals surface area (Å²) in [7, 11) is 0. The third kappa shape index (κ3) is 6.68. The molecule has 0 unspecified atom stereocenters. The molecule has 0 aliphatic carbocycles. The van der Waals surface area contributed by atoms with Crippen LogP contribution in [0.2, 0.25) is 0 Å².